The van der Waals surface area contributed by atoms with E-state index in [-0.39, 0.29) is 57.4 Å². The second kappa shape index (κ2) is 27.3. The highest BCUT2D eigenvalue weighted by Gasteiger charge is 2.43. The normalized spacial score (nSPS) is 17.6. The first-order chi connectivity index (χ1) is 38.0. The van der Waals surface area contributed by atoms with E-state index in [1.54, 1.807) is 18.3 Å². The van der Waals surface area contributed by atoms with Gasteiger partial charge in [-0.15, -0.1) is 0 Å². The lowest BCUT2D eigenvalue weighted by molar-refractivity contribution is -0.145. The SMILES string of the molecule is C[C@H](NC(=O)[C@H](CC(=O)O)NC(=O)[C@@H](N)CC(N)=O)C(=O)N[C@@H](CC(=O)O)C(=O)N[C@@H](Cc1ccc(O)cc1)C(=O)N1CCC[C@H]1C(=O)N[C@@H](Cc1c[nH]c2ccccc12)C(=O)N1CCC[C@H]1C(=O)N[C@@H](Cc1cnc[nH]1)C(=O)O. The quantitative estimate of drug-likeness (QED) is 0.0279. The van der Waals surface area contributed by atoms with Crippen molar-refractivity contribution in [1.82, 2.24) is 56.7 Å². The molecule has 0 spiro atoms. The number of amides is 9. The number of benzene rings is 2. The number of para-hydroxylation sites is 1. The molecule has 29 nitrogen and oxygen atoms in total. The van der Waals surface area contributed by atoms with Gasteiger partial charge in [0.2, 0.25) is 53.2 Å². The van der Waals surface area contributed by atoms with Gasteiger partial charge in [-0.1, -0.05) is 30.3 Å². The van der Waals surface area contributed by atoms with Crippen molar-refractivity contribution in [2.45, 2.75) is 126 Å². The molecule has 29 heteroatoms. The van der Waals surface area contributed by atoms with Gasteiger partial charge in [0.15, 0.2) is 0 Å². The van der Waals surface area contributed by atoms with E-state index in [0.717, 1.165) is 17.8 Å². The number of imidazole rings is 1. The van der Waals surface area contributed by atoms with E-state index >= 15 is 0 Å². The van der Waals surface area contributed by atoms with Crippen molar-refractivity contribution in [3.63, 3.8) is 0 Å². The van der Waals surface area contributed by atoms with Crippen LogP contribution in [0.2, 0.25) is 0 Å². The lowest BCUT2D eigenvalue weighted by atomic mass is 10.0. The Balaban J connectivity index is 1.21. The molecule has 2 aliphatic rings. The van der Waals surface area contributed by atoms with Gasteiger partial charge < -0.3 is 83.6 Å². The number of aromatic nitrogens is 3. The molecule has 0 aliphatic carbocycles. The Hall–Kier alpha value is -9.41. The summed E-state index contributed by atoms with van der Waals surface area (Å²) in [5, 5.41) is 54.2. The molecule has 0 radical (unpaired) electrons. The van der Waals surface area contributed by atoms with E-state index in [9.17, 15) is 78.0 Å². The number of primary amides is 1. The number of rotatable bonds is 27. The first-order valence-corrected chi connectivity index (χ1v) is 25.4. The molecule has 2 aliphatic heterocycles. The molecule has 0 unspecified atom stereocenters. The number of aromatic amines is 2. The third-order valence-corrected chi connectivity index (χ3v) is 13.5. The predicted octanol–water partition coefficient (Wildman–Crippen LogP) is -3.23. The number of phenolic OH excluding ortho intramolecular Hbond substituents is 1. The Labute approximate surface area is 455 Å². The number of aromatic hydroxyl groups is 1. The van der Waals surface area contributed by atoms with E-state index < -0.39 is 145 Å². The summed E-state index contributed by atoms with van der Waals surface area (Å²) in [5.41, 5.74) is 12.9. The number of hydrogen-bond acceptors (Lipinski definition) is 15. The number of H-pyrrole nitrogens is 2. The number of likely N-dealkylation sites (tertiary alicyclic amines) is 2. The summed E-state index contributed by atoms with van der Waals surface area (Å²) in [4.78, 5) is 171. The number of carboxylic acid groups (broad SMARTS) is 3. The molecule has 80 heavy (non-hydrogen) atoms. The van der Waals surface area contributed by atoms with Crippen molar-refractivity contribution < 1.29 is 78.0 Å². The van der Waals surface area contributed by atoms with Crippen LogP contribution in [0.15, 0.2) is 67.3 Å². The summed E-state index contributed by atoms with van der Waals surface area (Å²) in [6.07, 6.45) is 2.09. The van der Waals surface area contributed by atoms with Crippen LogP contribution in [-0.2, 0) is 76.8 Å². The van der Waals surface area contributed by atoms with Gasteiger partial charge in [0.1, 0.15) is 54.1 Å². The number of phenols is 1. The smallest absolute Gasteiger partial charge is 0.326 e. The molecule has 2 saturated heterocycles. The van der Waals surface area contributed by atoms with E-state index in [1.807, 2.05) is 12.1 Å². The van der Waals surface area contributed by atoms with Crippen molar-refractivity contribution in [3.05, 3.63) is 84.1 Å². The molecule has 2 aromatic carbocycles. The molecular weight excluding hydrogens is 1050 g/mol. The summed E-state index contributed by atoms with van der Waals surface area (Å²) < 4.78 is 0. The minimum Gasteiger partial charge on any atom is -0.508 e. The number of carbonyl (C=O) groups is 12. The van der Waals surface area contributed by atoms with Crippen LogP contribution in [0.3, 0.4) is 0 Å². The lowest BCUT2D eigenvalue weighted by Crippen LogP contribution is -2.60. The first-order valence-electron chi connectivity index (χ1n) is 25.4. The summed E-state index contributed by atoms with van der Waals surface area (Å²) >= 11 is 0. The van der Waals surface area contributed by atoms with Crippen molar-refractivity contribution in [2.24, 2.45) is 11.5 Å². The fraction of sp³-hybridized carbons (Fsp3) is 0.431. The van der Waals surface area contributed by atoms with Gasteiger partial charge in [-0.3, -0.25) is 52.7 Å². The highest BCUT2D eigenvalue weighted by molar-refractivity contribution is 6.00. The molecular formula is C51H63N13O16. The van der Waals surface area contributed by atoms with Crippen LogP contribution in [0.4, 0.5) is 0 Å². The zero-order valence-electron chi connectivity index (χ0n) is 43.2. The summed E-state index contributed by atoms with van der Waals surface area (Å²) in [6.45, 7) is 1.14. The summed E-state index contributed by atoms with van der Waals surface area (Å²) in [7, 11) is 0. The fourth-order valence-electron chi connectivity index (χ4n) is 9.45. The average molecular weight is 1110 g/mol. The molecule has 9 atom stereocenters. The Morgan fingerprint density at radius 2 is 1.18 bits per heavy atom. The Morgan fingerprint density at radius 3 is 1.73 bits per heavy atom. The summed E-state index contributed by atoms with van der Waals surface area (Å²) in [6, 6.07) is -0.933. The Kier molecular flexibility index (Phi) is 20.4. The van der Waals surface area contributed by atoms with Gasteiger partial charge in [-0.05, 0) is 61.9 Å². The largest absolute Gasteiger partial charge is 0.508 e. The van der Waals surface area contributed by atoms with Crippen molar-refractivity contribution in [3.8, 4) is 5.75 Å². The number of hydrogen-bond donors (Lipinski definition) is 14. The molecule has 428 valence electrons. The van der Waals surface area contributed by atoms with Crippen LogP contribution in [0.25, 0.3) is 10.9 Å². The highest BCUT2D eigenvalue weighted by Crippen LogP contribution is 2.26. The van der Waals surface area contributed by atoms with Crippen molar-refractivity contribution >= 4 is 82.0 Å². The molecule has 9 amide bonds. The highest BCUT2D eigenvalue weighted by atomic mass is 16.4. The van der Waals surface area contributed by atoms with Gasteiger partial charge >= 0.3 is 17.9 Å². The van der Waals surface area contributed by atoms with Gasteiger partial charge in [0.25, 0.3) is 0 Å². The number of nitrogens with zero attached hydrogens (tertiary/aromatic N) is 3. The van der Waals surface area contributed by atoms with Crippen LogP contribution in [0, 0.1) is 0 Å². The molecule has 2 fully saturated rings. The zero-order chi connectivity index (χ0) is 58.4. The van der Waals surface area contributed by atoms with E-state index in [4.69, 9.17) is 11.5 Å². The fourth-order valence-corrected chi connectivity index (χ4v) is 9.45. The molecule has 2 aromatic heterocycles. The van der Waals surface area contributed by atoms with Crippen LogP contribution >= 0.6 is 0 Å². The van der Waals surface area contributed by atoms with Gasteiger partial charge in [-0.25, -0.2) is 9.78 Å². The van der Waals surface area contributed by atoms with Crippen LogP contribution in [0.5, 0.6) is 5.75 Å². The minimum absolute atomic E-state index is 0.0372. The van der Waals surface area contributed by atoms with Crippen molar-refractivity contribution in [2.75, 3.05) is 13.1 Å². The average Bonchev–Trinajstić information content (AvgIpc) is 4.26. The molecule has 4 aromatic rings. The number of aliphatic carboxylic acids is 3. The standard InChI is InChI=1S/C51H63N13O16/c1-25(57-45(73)33(20-41(67)68)59-44(72)31(52)19-40(53)66)43(71)58-34(21-42(69)70)46(74)60-35(16-26-10-12-29(65)13-11-26)49(77)63-14-4-8-38(63)47(75)61-36(17-27-22-55-32-7-3-2-6-30(27)32)50(78)64-15-5-9-39(64)48(76)62-37(51(79)80)18-28-23-54-24-56-28/h2-3,6-7,10-13,22-25,31,33-39,55,65H,4-5,8-9,14-21,52H2,1H3,(H2,53,66)(H,54,56)(H,57,73)(H,58,71)(H,59,72)(H,60,74)(H,61,75)(H,62,76)(H,67,68)(H,69,70)(H,79,80)/t25-,31-,33-,34-,35-,36-,37-,38-,39-/m0/s1. The van der Waals surface area contributed by atoms with Crippen LogP contribution in [-0.4, -0.2) is 184 Å². The third-order valence-electron chi connectivity index (χ3n) is 13.5. The van der Waals surface area contributed by atoms with Gasteiger partial charge in [-0.2, -0.15) is 0 Å². The third kappa shape index (κ3) is 16.1. The molecule has 4 heterocycles. The monoisotopic (exact) mass is 1110 g/mol. The van der Waals surface area contributed by atoms with E-state index in [2.05, 4.69) is 46.9 Å². The summed E-state index contributed by atoms with van der Waals surface area (Å²) in [5.74, 6) is -13.3. The molecule has 0 bridgehead atoms. The Morgan fingerprint density at radius 1 is 0.637 bits per heavy atom. The predicted molar refractivity (Wildman–Crippen MR) is 277 cm³/mol. The second-order valence-corrected chi connectivity index (χ2v) is 19.4. The maximum Gasteiger partial charge on any atom is 0.326 e. The topological polar surface area (TPSA) is 461 Å². The second-order valence-electron chi connectivity index (χ2n) is 19.4. The maximum absolute atomic E-state index is 14.8. The number of nitrogens with two attached hydrogens (primary N) is 2. The Bertz CT molecular complexity index is 2970. The van der Waals surface area contributed by atoms with Crippen LogP contribution < -0.4 is 43.4 Å². The minimum atomic E-state index is -1.94. The van der Waals surface area contributed by atoms with E-state index in [0.29, 0.717) is 23.2 Å². The van der Waals surface area contributed by atoms with Crippen molar-refractivity contribution in [1.29, 1.82) is 0 Å². The maximum atomic E-state index is 14.8. The molecule has 16 N–H and O–H groups in total. The van der Waals surface area contributed by atoms with Gasteiger partial charge in [0, 0.05) is 61.3 Å². The molecule has 0 saturated carbocycles. The van der Waals surface area contributed by atoms with Crippen LogP contribution in [0.1, 0.15) is 68.7 Å². The number of nitrogens with one attached hydrogen (secondary N) is 8. The number of fused-ring (bicyclic) bond motifs is 1. The first kappa shape index (κ1) is 59.8. The van der Waals surface area contributed by atoms with E-state index in [1.165, 1.54) is 46.6 Å². The van der Waals surface area contributed by atoms with Gasteiger partial charge in [0.05, 0.1) is 31.6 Å². The number of carbonyl (C=O) groups excluding carboxylic acids is 9. The molecule has 6 rings (SSSR count). The zero-order valence-corrected chi connectivity index (χ0v) is 43.2. The lowest BCUT2D eigenvalue weighted by Gasteiger charge is -2.32. The number of carboxylic acids is 3.